The maximum absolute atomic E-state index is 12.8. The van der Waals surface area contributed by atoms with Crippen LogP contribution >= 0.6 is 58.0 Å². The lowest BCUT2D eigenvalue weighted by Crippen LogP contribution is -2.30. The number of benzene rings is 8. The van der Waals surface area contributed by atoms with Gasteiger partial charge >= 0.3 is 23.9 Å². The molecule has 668 valence electrons. The Morgan fingerprint density at radius 2 is 0.556 bits per heavy atom. The molecule has 0 aliphatic rings. The van der Waals surface area contributed by atoms with E-state index >= 15 is 0 Å². The van der Waals surface area contributed by atoms with Crippen LogP contribution in [0.1, 0.15) is 183 Å². The largest absolute Gasteiger partial charge is 0.477 e. The molecule has 4 N–H and O–H groups in total. The van der Waals surface area contributed by atoms with Crippen molar-refractivity contribution in [3.05, 3.63) is 280 Å². The number of hydrogen-bond donors (Lipinski definition) is 4. The molecule has 0 bridgehead atoms. The van der Waals surface area contributed by atoms with E-state index in [1.807, 2.05) is 128 Å². The Kier molecular flexibility index (Phi) is 38.0. The second kappa shape index (κ2) is 48.1. The molecular formula is C101H117Cl5N8O12. The molecule has 0 aliphatic heterocycles. The van der Waals surface area contributed by atoms with Gasteiger partial charge in [-0.2, -0.15) is 0 Å². The minimum Gasteiger partial charge on any atom is -0.477 e. The number of halogens is 5. The number of rotatable bonds is 38. The summed E-state index contributed by atoms with van der Waals surface area (Å²) in [4.78, 5) is 106. The van der Waals surface area contributed by atoms with Crippen LogP contribution in [0.4, 0.5) is 0 Å². The molecule has 0 radical (unpaired) electrons. The number of nitrogens with zero attached hydrogens (tertiary/aromatic N) is 8. The highest BCUT2D eigenvalue weighted by Gasteiger charge is 2.23. The van der Waals surface area contributed by atoms with Crippen LogP contribution in [-0.4, -0.2) is 177 Å². The van der Waals surface area contributed by atoms with Gasteiger partial charge in [-0.1, -0.05) is 136 Å². The van der Waals surface area contributed by atoms with Gasteiger partial charge in [-0.25, -0.2) is 19.2 Å². The van der Waals surface area contributed by atoms with Gasteiger partial charge in [-0.05, 0) is 228 Å². The monoisotopic (exact) mass is 1810 g/mol. The van der Waals surface area contributed by atoms with E-state index in [4.69, 9.17) is 58.0 Å². The van der Waals surface area contributed by atoms with Crippen molar-refractivity contribution in [2.24, 2.45) is 0 Å². The van der Waals surface area contributed by atoms with Crippen LogP contribution in [0.25, 0.3) is 88.1 Å². The lowest BCUT2D eigenvalue weighted by molar-refractivity contribution is 0.0684. The van der Waals surface area contributed by atoms with Gasteiger partial charge in [0, 0.05) is 159 Å². The molecular weight excluding hydrogens is 1690 g/mol. The topological polar surface area (TPSA) is 250 Å². The lowest BCUT2D eigenvalue weighted by atomic mass is 10.00. The molecule has 4 aromatic heterocycles. The normalized spacial score (nSPS) is 11.6. The predicted octanol–water partition coefficient (Wildman–Crippen LogP) is 21.5. The van der Waals surface area contributed by atoms with Gasteiger partial charge in [-0.15, -0.1) is 58.0 Å². The number of aromatic nitrogens is 4. The summed E-state index contributed by atoms with van der Waals surface area (Å²) in [6.07, 6.45) is 10.9. The first kappa shape index (κ1) is 99.5. The van der Waals surface area contributed by atoms with Gasteiger partial charge in [-0.3, -0.25) is 29.0 Å². The smallest absolute Gasteiger partial charge is 0.341 e. The molecule has 20 nitrogen and oxygen atoms in total. The summed E-state index contributed by atoms with van der Waals surface area (Å²) in [5.74, 6) is -1.76. The maximum Gasteiger partial charge on any atom is 0.341 e. The number of carboxylic acids is 4. The van der Waals surface area contributed by atoms with Crippen LogP contribution in [0.15, 0.2) is 214 Å². The van der Waals surface area contributed by atoms with Crippen molar-refractivity contribution in [1.29, 1.82) is 0 Å². The number of alkyl halides is 5. The van der Waals surface area contributed by atoms with Crippen LogP contribution < -0.4 is 21.7 Å². The summed E-state index contributed by atoms with van der Waals surface area (Å²) in [6, 6.07) is 56.1. The number of hydrogen-bond acceptors (Lipinski definition) is 12. The summed E-state index contributed by atoms with van der Waals surface area (Å²) in [7, 11) is 0. The van der Waals surface area contributed by atoms with Crippen molar-refractivity contribution in [2.75, 3.05) is 94.8 Å². The summed E-state index contributed by atoms with van der Waals surface area (Å²) in [5, 5.41) is 39.4. The van der Waals surface area contributed by atoms with Crippen molar-refractivity contribution >= 4 is 125 Å². The second-order valence-corrected chi connectivity index (χ2v) is 34.5. The Labute approximate surface area is 762 Å². The summed E-state index contributed by atoms with van der Waals surface area (Å²) < 4.78 is 7.40. The van der Waals surface area contributed by atoms with E-state index in [1.54, 1.807) is 24.3 Å². The molecule has 0 fully saturated rings. The Morgan fingerprint density at radius 1 is 0.286 bits per heavy atom. The molecule has 0 spiro atoms. The minimum absolute atomic E-state index is 0.0118. The van der Waals surface area contributed by atoms with Gasteiger partial charge in [0.25, 0.3) is 0 Å². The highest BCUT2D eigenvalue weighted by molar-refractivity contribution is 6.19. The average molecular weight is 1810 g/mol. The molecule has 25 heteroatoms. The van der Waals surface area contributed by atoms with Crippen molar-refractivity contribution in [3.63, 3.8) is 0 Å². The van der Waals surface area contributed by atoms with E-state index < -0.39 is 45.6 Å². The Morgan fingerprint density at radius 3 is 0.889 bits per heavy atom. The fourth-order valence-corrected chi connectivity index (χ4v) is 16.9. The fourth-order valence-electron chi connectivity index (χ4n) is 15.7. The third-order valence-electron chi connectivity index (χ3n) is 22.3. The summed E-state index contributed by atoms with van der Waals surface area (Å²) in [6.45, 7) is 33.2. The van der Waals surface area contributed by atoms with Crippen molar-refractivity contribution < 1.29 is 39.6 Å². The summed E-state index contributed by atoms with van der Waals surface area (Å²) >= 11 is 29.5. The minimum atomic E-state index is -1.21. The van der Waals surface area contributed by atoms with E-state index in [2.05, 4.69) is 131 Å². The third kappa shape index (κ3) is 26.0. The number of carboxylic acid groups (broad SMARTS) is 4. The summed E-state index contributed by atoms with van der Waals surface area (Å²) in [5.41, 5.74) is 13.3. The first-order valence-electron chi connectivity index (χ1n) is 43.2. The number of aromatic carboxylic acids is 4. The molecule has 12 rings (SSSR count). The highest BCUT2D eigenvalue weighted by atomic mass is 35.5. The SMILES string of the molecule is CC(C)n1cc(C(=O)O)c(=O)c2ccc(-c3ccc(CCN(CCCl)CCCl)cc3)cc21.CCCN(CCCl)CCc1ccc(-c2ccc3c(c2)c(=O)c(C(=O)O)cn3C(C)C)cc1.CCCN(CCCl)Cc1ccc(-c2ccc3c(=O)c(C(=O)O)cn(C(C)C)c3c2)cc1.CCCN(CCCl)Cc1cccc(-c2ccc3c(=O)c(C(=O)O)cn(C(C)C)c3c2)c1. The van der Waals surface area contributed by atoms with Gasteiger partial charge in [0.05, 0.1) is 22.1 Å². The Balaban J connectivity index is 0.000000190. The van der Waals surface area contributed by atoms with Crippen molar-refractivity contribution in [3.8, 4) is 44.5 Å². The van der Waals surface area contributed by atoms with E-state index in [9.17, 15) is 58.8 Å². The quantitative estimate of drug-likeness (QED) is 0.0263. The molecule has 0 aliphatic carbocycles. The highest BCUT2D eigenvalue weighted by Crippen LogP contribution is 2.32. The van der Waals surface area contributed by atoms with Crippen molar-refractivity contribution in [1.82, 2.24) is 37.9 Å². The number of pyridine rings is 4. The molecule has 0 saturated heterocycles. The number of fused-ring (bicyclic) bond motifs is 4. The molecule has 0 saturated carbocycles. The van der Waals surface area contributed by atoms with E-state index in [-0.39, 0.29) is 46.4 Å². The second-order valence-electron chi connectivity index (χ2n) is 32.6. The first-order valence-corrected chi connectivity index (χ1v) is 45.8. The molecule has 0 unspecified atom stereocenters. The van der Waals surface area contributed by atoms with Crippen molar-refractivity contribution in [2.45, 2.75) is 146 Å². The van der Waals surface area contributed by atoms with Crippen LogP contribution in [0, 0.1) is 0 Å². The van der Waals surface area contributed by atoms with Crippen LogP contribution in [0.3, 0.4) is 0 Å². The predicted molar refractivity (Wildman–Crippen MR) is 519 cm³/mol. The molecule has 0 atom stereocenters. The zero-order valence-electron chi connectivity index (χ0n) is 73.9. The Hall–Kier alpha value is -10.2. The van der Waals surface area contributed by atoms with Crippen LogP contribution in [0.5, 0.6) is 0 Å². The van der Waals surface area contributed by atoms with E-state index in [1.165, 1.54) is 47.0 Å². The Bertz CT molecular complexity index is 5960. The van der Waals surface area contributed by atoms with Gasteiger partial charge in [0.1, 0.15) is 22.3 Å². The standard InChI is InChI=1S/C26H31ClN2O3.C25H28Cl2N2O3.2C25H29ClN2O3/c1-4-13-28(15-12-27)14-11-19-5-7-20(8-6-19)21-9-10-24-22(16-21)25(30)23(26(31)32)17-29(24)18(2)3;1-17(2)29-16-22(25(31)32)24(30)21-8-7-20(15-23(21)29)19-5-3-18(4-6-19)9-12-28(13-10-26)14-11-27;1-4-12-27(13-11-26)15-18-5-7-19(8-6-18)20-9-10-21-23(14-20)28(17(2)3)16-22(24(21)29)25(30)31;1-4-11-27(12-10-26)15-18-6-5-7-19(13-18)20-8-9-21-23(14-20)28(17(2)3)16-22(24(21)29)25(30)31/h5-10,16-18H,4,11-15H2,1-3H3,(H,31,32);3-8,15-17H,9-14H2,1-2H3,(H,31,32);5-10,14,16-17H,4,11-13,15H2,1-3H3,(H,30,31);5-9,13-14,16-17H,4,10-12,15H2,1-3H3,(H,30,31). The molecule has 0 amide bonds. The molecule has 4 heterocycles. The van der Waals surface area contributed by atoms with Gasteiger partial charge in [0.15, 0.2) is 0 Å². The van der Waals surface area contributed by atoms with E-state index in [0.29, 0.717) is 50.9 Å². The van der Waals surface area contributed by atoms with Gasteiger partial charge < -0.3 is 48.5 Å². The van der Waals surface area contributed by atoms with E-state index in [0.717, 1.165) is 177 Å². The molecule has 12 aromatic rings. The lowest BCUT2D eigenvalue weighted by Gasteiger charge is -2.21. The third-order valence-corrected chi connectivity index (χ3v) is 23.1. The van der Waals surface area contributed by atoms with Crippen LogP contribution in [-0.2, 0) is 25.9 Å². The van der Waals surface area contributed by atoms with Crippen LogP contribution in [0.2, 0.25) is 0 Å². The zero-order chi connectivity index (χ0) is 91.6. The van der Waals surface area contributed by atoms with Gasteiger partial charge in [0.2, 0.25) is 21.7 Å². The number of carbonyl (C=O) groups is 4. The fraction of sp³-hybridized carbons (Fsp3) is 0.366. The average Bonchev–Trinajstić information content (AvgIpc) is 0.782. The first-order chi connectivity index (χ1) is 60.4. The maximum atomic E-state index is 12.8. The molecule has 8 aromatic carbocycles. The molecule has 126 heavy (non-hydrogen) atoms. The zero-order valence-corrected chi connectivity index (χ0v) is 77.6.